The number of amides is 1. The molecule has 1 fully saturated rings. The molecule has 0 radical (unpaired) electrons. The minimum atomic E-state index is -0.459. The van der Waals surface area contributed by atoms with Gasteiger partial charge in [-0.1, -0.05) is 6.92 Å². The van der Waals surface area contributed by atoms with Gasteiger partial charge in [0.2, 0.25) is 5.91 Å². The molecule has 0 aromatic heterocycles. The number of rotatable bonds is 6. The minimum absolute atomic E-state index is 0.0295. The van der Waals surface area contributed by atoms with Gasteiger partial charge in [0.25, 0.3) is 0 Å². The number of carbonyl (C=O) groups excluding carboxylic acids is 1. The highest BCUT2D eigenvalue weighted by Crippen LogP contribution is 1.95. The zero-order chi connectivity index (χ0) is 11.8. The Hall–Kier alpha value is -0.650. The smallest absolute Gasteiger partial charge is 0.220 e. The maximum Gasteiger partial charge on any atom is 0.220 e. The molecule has 5 nitrogen and oxygen atoms in total. The molecular formula is C11H23N3O2. The number of aliphatic hydroxyl groups is 1. The van der Waals surface area contributed by atoms with Gasteiger partial charge in [-0.2, -0.15) is 0 Å². The van der Waals surface area contributed by atoms with E-state index >= 15 is 0 Å². The van der Waals surface area contributed by atoms with E-state index in [9.17, 15) is 9.90 Å². The lowest BCUT2D eigenvalue weighted by Crippen LogP contribution is -2.48. The molecule has 5 heteroatoms. The number of carbonyl (C=O) groups is 1. The van der Waals surface area contributed by atoms with Crippen molar-refractivity contribution in [2.75, 3.05) is 39.3 Å². The van der Waals surface area contributed by atoms with Crippen LogP contribution in [0.25, 0.3) is 0 Å². The average molecular weight is 229 g/mol. The van der Waals surface area contributed by atoms with E-state index in [1.165, 1.54) is 0 Å². The summed E-state index contributed by atoms with van der Waals surface area (Å²) in [7, 11) is 0. The van der Waals surface area contributed by atoms with Crippen LogP contribution < -0.4 is 10.6 Å². The minimum Gasteiger partial charge on any atom is -0.390 e. The van der Waals surface area contributed by atoms with Crippen LogP contribution >= 0.6 is 0 Å². The topological polar surface area (TPSA) is 64.6 Å². The summed E-state index contributed by atoms with van der Waals surface area (Å²) in [5.74, 6) is 0.0295. The van der Waals surface area contributed by atoms with Gasteiger partial charge in [0.05, 0.1) is 6.10 Å². The van der Waals surface area contributed by atoms with Crippen LogP contribution in [0.4, 0.5) is 0 Å². The maximum absolute atomic E-state index is 11.2. The Bertz CT molecular complexity index is 205. The number of β-amino-alcohol motifs (C(OH)–C–C–N with tert-alkyl or cyclic N) is 1. The molecule has 0 saturated carbocycles. The van der Waals surface area contributed by atoms with Gasteiger partial charge in [0.1, 0.15) is 0 Å². The first kappa shape index (κ1) is 13.4. The van der Waals surface area contributed by atoms with Crippen molar-refractivity contribution in [2.45, 2.75) is 25.9 Å². The van der Waals surface area contributed by atoms with Crippen LogP contribution in [-0.2, 0) is 4.79 Å². The molecule has 0 spiro atoms. The summed E-state index contributed by atoms with van der Waals surface area (Å²) < 4.78 is 0. The number of nitrogens with one attached hydrogen (secondary N) is 2. The third-order valence-electron chi connectivity index (χ3n) is 2.69. The molecule has 1 saturated heterocycles. The molecule has 1 aliphatic heterocycles. The lowest BCUT2D eigenvalue weighted by Gasteiger charge is -2.29. The van der Waals surface area contributed by atoms with E-state index in [4.69, 9.17) is 0 Å². The van der Waals surface area contributed by atoms with Crippen molar-refractivity contribution in [3.8, 4) is 0 Å². The number of nitrogens with zero attached hydrogens (tertiary/aromatic N) is 1. The van der Waals surface area contributed by atoms with Crippen molar-refractivity contribution in [1.82, 2.24) is 15.5 Å². The second-order valence-electron chi connectivity index (χ2n) is 4.26. The fraction of sp³-hybridized carbons (Fsp3) is 0.909. The Morgan fingerprint density at radius 2 is 2.19 bits per heavy atom. The summed E-state index contributed by atoms with van der Waals surface area (Å²) >= 11 is 0. The summed E-state index contributed by atoms with van der Waals surface area (Å²) in [5.41, 5.74) is 0. The van der Waals surface area contributed by atoms with Crippen molar-refractivity contribution in [2.24, 2.45) is 0 Å². The van der Waals surface area contributed by atoms with Gasteiger partial charge in [-0.05, 0) is 6.42 Å². The Morgan fingerprint density at radius 3 is 2.81 bits per heavy atom. The highest BCUT2D eigenvalue weighted by Gasteiger charge is 2.14. The van der Waals surface area contributed by atoms with E-state index in [2.05, 4.69) is 15.5 Å². The quantitative estimate of drug-likeness (QED) is 0.556. The molecule has 1 atom stereocenters. The fourth-order valence-corrected chi connectivity index (χ4v) is 1.80. The van der Waals surface area contributed by atoms with Gasteiger partial charge < -0.3 is 15.7 Å². The molecule has 16 heavy (non-hydrogen) atoms. The van der Waals surface area contributed by atoms with Gasteiger partial charge in [-0.15, -0.1) is 0 Å². The summed E-state index contributed by atoms with van der Waals surface area (Å²) in [5, 5.41) is 15.7. The molecular weight excluding hydrogens is 206 g/mol. The molecule has 1 heterocycles. The molecule has 0 aliphatic carbocycles. The molecule has 3 N–H and O–H groups in total. The van der Waals surface area contributed by atoms with Crippen LogP contribution in [0.5, 0.6) is 0 Å². The van der Waals surface area contributed by atoms with Gasteiger partial charge >= 0.3 is 0 Å². The Kier molecular flexibility index (Phi) is 6.37. The van der Waals surface area contributed by atoms with Gasteiger partial charge in [0.15, 0.2) is 0 Å². The molecule has 1 rings (SSSR count). The van der Waals surface area contributed by atoms with E-state index in [0.717, 1.165) is 32.6 Å². The highest BCUT2D eigenvalue weighted by molar-refractivity contribution is 5.75. The number of piperazine rings is 1. The standard InChI is InChI=1S/C11H23N3O2/c1-2-3-11(16)13-8-10(15)9-14-6-4-12-5-7-14/h10,12,15H,2-9H2,1H3,(H,13,16). The summed E-state index contributed by atoms with van der Waals surface area (Å²) in [6.07, 6.45) is 0.930. The highest BCUT2D eigenvalue weighted by atomic mass is 16.3. The van der Waals surface area contributed by atoms with E-state index in [1.54, 1.807) is 0 Å². The van der Waals surface area contributed by atoms with Crippen LogP contribution in [0.1, 0.15) is 19.8 Å². The molecule has 0 aromatic rings. The lowest BCUT2D eigenvalue weighted by atomic mass is 10.2. The van der Waals surface area contributed by atoms with Crippen LogP contribution in [0.2, 0.25) is 0 Å². The lowest BCUT2D eigenvalue weighted by molar-refractivity contribution is -0.121. The van der Waals surface area contributed by atoms with Gasteiger partial charge in [-0.3, -0.25) is 9.69 Å². The first-order valence-electron chi connectivity index (χ1n) is 6.10. The molecule has 1 unspecified atom stereocenters. The first-order valence-corrected chi connectivity index (χ1v) is 6.10. The second kappa shape index (κ2) is 7.60. The number of hydrogen-bond donors (Lipinski definition) is 3. The average Bonchev–Trinajstić information content (AvgIpc) is 2.28. The first-order chi connectivity index (χ1) is 7.72. The monoisotopic (exact) mass is 229 g/mol. The van der Waals surface area contributed by atoms with Gasteiger partial charge in [0, 0.05) is 45.7 Å². The molecule has 1 amide bonds. The third-order valence-corrected chi connectivity index (χ3v) is 2.69. The van der Waals surface area contributed by atoms with Crippen LogP contribution in [-0.4, -0.2) is 61.3 Å². The maximum atomic E-state index is 11.2. The predicted molar refractivity (Wildman–Crippen MR) is 63.2 cm³/mol. The second-order valence-corrected chi connectivity index (χ2v) is 4.26. The van der Waals surface area contributed by atoms with Crippen molar-refractivity contribution >= 4 is 5.91 Å². The van der Waals surface area contributed by atoms with Gasteiger partial charge in [-0.25, -0.2) is 0 Å². The van der Waals surface area contributed by atoms with Crippen LogP contribution in [0.15, 0.2) is 0 Å². The van der Waals surface area contributed by atoms with E-state index in [-0.39, 0.29) is 5.91 Å². The summed E-state index contributed by atoms with van der Waals surface area (Å²) in [4.78, 5) is 13.4. The normalized spacial score (nSPS) is 19.4. The van der Waals surface area contributed by atoms with E-state index in [1.807, 2.05) is 6.92 Å². The fourth-order valence-electron chi connectivity index (χ4n) is 1.80. The van der Waals surface area contributed by atoms with Crippen molar-refractivity contribution in [3.63, 3.8) is 0 Å². The van der Waals surface area contributed by atoms with Crippen molar-refractivity contribution in [3.05, 3.63) is 0 Å². The van der Waals surface area contributed by atoms with Crippen LogP contribution in [0, 0.1) is 0 Å². The Labute approximate surface area is 97.2 Å². The molecule has 94 valence electrons. The summed E-state index contributed by atoms with van der Waals surface area (Å²) in [6.45, 7) is 6.89. The SMILES string of the molecule is CCCC(=O)NCC(O)CN1CCNCC1. The van der Waals surface area contributed by atoms with E-state index in [0.29, 0.717) is 19.5 Å². The van der Waals surface area contributed by atoms with E-state index < -0.39 is 6.10 Å². The number of hydrogen-bond acceptors (Lipinski definition) is 4. The van der Waals surface area contributed by atoms with Crippen molar-refractivity contribution < 1.29 is 9.90 Å². The largest absolute Gasteiger partial charge is 0.390 e. The molecule has 0 bridgehead atoms. The zero-order valence-corrected chi connectivity index (χ0v) is 10.0. The molecule has 0 aromatic carbocycles. The zero-order valence-electron chi connectivity index (χ0n) is 10.0. The third kappa shape index (κ3) is 5.44. The van der Waals surface area contributed by atoms with Crippen LogP contribution in [0.3, 0.4) is 0 Å². The Morgan fingerprint density at radius 1 is 1.50 bits per heavy atom. The van der Waals surface area contributed by atoms with Crippen molar-refractivity contribution in [1.29, 1.82) is 0 Å². The molecule has 1 aliphatic rings. The number of aliphatic hydroxyl groups excluding tert-OH is 1. The predicted octanol–water partition coefficient (Wildman–Crippen LogP) is -0.831. The Balaban J connectivity index is 2.09. The summed E-state index contributed by atoms with van der Waals surface area (Å²) in [6, 6.07) is 0.